The van der Waals surface area contributed by atoms with Gasteiger partial charge in [-0.1, -0.05) is 6.58 Å². The van der Waals surface area contributed by atoms with Gasteiger partial charge < -0.3 is 15.0 Å². The number of carbonyl (C=O) groups excluding carboxylic acids is 3. The number of amides is 2. The lowest BCUT2D eigenvalue weighted by Crippen LogP contribution is -2.31. The Bertz CT molecular complexity index is 407. The molecular formula is C17H30N2O4. The summed E-state index contributed by atoms with van der Waals surface area (Å²) >= 11 is 0. The standard InChI is InChI=1S/C17H30N2O4/c1-14(2)17(22)23-13-9-8-12-19(16(4)21)11-7-5-6-10-18-15(3)20/h1,5-13H2,2-4H3,(H,18,20). The van der Waals surface area contributed by atoms with E-state index in [4.69, 9.17) is 4.74 Å². The Morgan fingerprint density at radius 2 is 1.57 bits per heavy atom. The number of ether oxygens (including phenoxy) is 1. The molecule has 0 unspecified atom stereocenters. The molecule has 0 rings (SSSR count). The molecule has 0 heterocycles. The third-order valence-corrected chi connectivity index (χ3v) is 3.33. The summed E-state index contributed by atoms with van der Waals surface area (Å²) in [6.07, 6.45) is 4.34. The lowest BCUT2D eigenvalue weighted by atomic mass is 10.2. The Balaban J connectivity index is 3.74. The average molecular weight is 326 g/mol. The molecule has 6 nitrogen and oxygen atoms in total. The van der Waals surface area contributed by atoms with E-state index in [1.165, 1.54) is 6.92 Å². The van der Waals surface area contributed by atoms with E-state index in [1.54, 1.807) is 13.8 Å². The van der Waals surface area contributed by atoms with Crippen molar-refractivity contribution in [2.75, 3.05) is 26.2 Å². The largest absolute Gasteiger partial charge is 0.462 e. The molecule has 0 atom stereocenters. The van der Waals surface area contributed by atoms with Crippen molar-refractivity contribution < 1.29 is 19.1 Å². The number of carbonyl (C=O) groups is 3. The summed E-state index contributed by atoms with van der Waals surface area (Å²) in [6, 6.07) is 0. The Labute approximate surface area is 139 Å². The minimum Gasteiger partial charge on any atom is -0.462 e. The van der Waals surface area contributed by atoms with Crippen LogP contribution in [0.3, 0.4) is 0 Å². The molecule has 0 radical (unpaired) electrons. The molecule has 0 bridgehead atoms. The fourth-order valence-electron chi connectivity index (χ4n) is 1.99. The normalized spacial score (nSPS) is 10.0. The predicted octanol–water partition coefficient (Wildman–Crippen LogP) is 2.04. The van der Waals surface area contributed by atoms with Crippen LogP contribution in [0.2, 0.25) is 0 Å². The third kappa shape index (κ3) is 12.4. The first kappa shape index (κ1) is 21.1. The molecule has 0 aromatic carbocycles. The van der Waals surface area contributed by atoms with Gasteiger partial charge in [0.25, 0.3) is 0 Å². The number of esters is 1. The quantitative estimate of drug-likeness (QED) is 0.338. The van der Waals surface area contributed by atoms with Crippen LogP contribution >= 0.6 is 0 Å². The van der Waals surface area contributed by atoms with Gasteiger partial charge in [-0.2, -0.15) is 0 Å². The van der Waals surface area contributed by atoms with Crippen LogP contribution in [-0.4, -0.2) is 48.9 Å². The molecule has 0 spiro atoms. The van der Waals surface area contributed by atoms with Gasteiger partial charge in [-0.25, -0.2) is 4.79 Å². The van der Waals surface area contributed by atoms with Gasteiger partial charge in [0.2, 0.25) is 11.8 Å². The SMILES string of the molecule is C=C(C)C(=O)OCCCCN(CCCCCNC(C)=O)C(C)=O. The number of rotatable bonds is 12. The maximum absolute atomic E-state index is 11.6. The molecular weight excluding hydrogens is 296 g/mol. The summed E-state index contributed by atoms with van der Waals surface area (Å²) < 4.78 is 5.01. The van der Waals surface area contributed by atoms with Crippen molar-refractivity contribution in [3.8, 4) is 0 Å². The van der Waals surface area contributed by atoms with Crippen molar-refractivity contribution in [2.45, 2.75) is 52.9 Å². The van der Waals surface area contributed by atoms with E-state index in [0.717, 1.165) is 38.6 Å². The van der Waals surface area contributed by atoms with Crippen molar-refractivity contribution in [1.82, 2.24) is 10.2 Å². The van der Waals surface area contributed by atoms with Crippen LogP contribution in [0, 0.1) is 0 Å². The number of nitrogens with zero attached hydrogens (tertiary/aromatic N) is 1. The summed E-state index contributed by atoms with van der Waals surface area (Å²) in [5, 5.41) is 2.75. The molecule has 6 heteroatoms. The Hall–Kier alpha value is -1.85. The molecule has 0 fully saturated rings. The van der Waals surface area contributed by atoms with Crippen molar-refractivity contribution in [3.63, 3.8) is 0 Å². The smallest absolute Gasteiger partial charge is 0.333 e. The molecule has 132 valence electrons. The minimum absolute atomic E-state index is 0.0114. The second-order valence-corrected chi connectivity index (χ2v) is 5.67. The van der Waals surface area contributed by atoms with E-state index in [2.05, 4.69) is 11.9 Å². The summed E-state index contributed by atoms with van der Waals surface area (Å²) in [5.41, 5.74) is 0.398. The lowest BCUT2D eigenvalue weighted by Gasteiger charge is -2.21. The van der Waals surface area contributed by atoms with E-state index in [-0.39, 0.29) is 17.8 Å². The molecule has 0 aromatic heterocycles. The van der Waals surface area contributed by atoms with Gasteiger partial charge in [0.15, 0.2) is 0 Å². The van der Waals surface area contributed by atoms with Crippen LogP contribution in [0.4, 0.5) is 0 Å². The molecule has 0 saturated carbocycles. The van der Waals surface area contributed by atoms with Gasteiger partial charge in [0.1, 0.15) is 0 Å². The van der Waals surface area contributed by atoms with Gasteiger partial charge in [-0.15, -0.1) is 0 Å². The zero-order valence-electron chi connectivity index (χ0n) is 14.7. The van der Waals surface area contributed by atoms with Gasteiger partial charge in [0, 0.05) is 39.1 Å². The fraction of sp³-hybridized carbons (Fsp3) is 0.706. The van der Waals surface area contributed by atoms with E-state index in [1.807, 2.05) is 4.90 Å². The highest BCUT2D eigenvalue weighted by Gasteiger charge is 2.08. The van der Waals surface area contributed by atoms with Crippen LogP contribution < -0.4 is 5.32 Å². The van der Waals surface area contributed by atoms with E-state index in [0.29, 0.717) is 25.3 Å². The van der Waals surface area contributed by atoms with Crippen molar-refractivity contribution in [1.29, 1.82) is 0 Å². The van der Waals surface area contributed by atoms with Crippen LogP contribution in [-0.2, 0) is 19.1 Å². The van der Waals surface area contributed by atoms with E-state index < -0.39 is 0 Å². The minimum atomic E-state index is -0.368. The first-order chi connectivity index (χ1) is 10.8. The maximum atomic E-state index is 11.6. The molecule has 23 heavy (non-hydrogen) atoms. The van der Waals surface area contributed by atoms with Crippen LogP contribution in [0.1, 0.15) is 52.9 Å². The number of unbranched alkanes of at least 4 members (excludes halogenated alkanes) is 3. The van der Waals surface area contributed by atoms with Crippen LogP contribution in [0.15, 0.2) is 12.2 Å². The topological polar surface area (TPSA) is 75.7 Å². The average Bonchev–Trinajstić information content (AvgIpc) is 2.47. The van der Waals surface area contributed by atoms with E-state index >= 15 is 0 Å². The monoisotopic (exact) mass is 326 g/mol. The number of hydrogen-bond acceptors (Lipinski definition) is 4. The first-order valence-electron chi connectivity index (χ1n) is 8.17. The van der Waals surface area contributed by atoms with Crippen molar-refractivity contribution in [2.24, 2.45) is 0 Å². The Kier molecular flexibility index (Phi) is 11.7. The zero-order chi connectivity index (χ0) is 17.7. The highest BCUT2D eigenvalue weighted by Crippen LogP contribution is 2.03. The molecule has 1 N–H and O–H groups in total. The van der Waals surface area contributed by atoms with Crippen LogP contribution in [0.25, 0.3) is 0 Å². The number of nitrogens with one attached hydrogen (secondary N) is 1. The highest BCUT2D eigenvalue weighted by atomic mass is 16.5. The van der Waals surface area contributed by atoms with Gasteiger partial charge in [-0.3, -0.25) is 9.59 Å². The van der Waals surface area contributed by atoms with E-state index in [9.17, 15) is 14.4 Å². The highest BCUT2D eigenvalue weighted by molar-refractivity contribution is 5.86. The molecule has 2 amide bonds. The van der Waals surface area contributed by atoms with Crippen molar-refractivity contribution >= 4 is 17.8 Å². The molecule has 0 aliphatic carbocycles. The molecule has 0 aromatic rings. The summed E-state index contributed by atoms with van der Waals surface area (Å²) in [5.74, 6) is -0.318. The second-order valence-electron chi connectivity index (χ2n) is 5.67. The Morgan fingerprint density at radius 1 is 0.957 bits per heavy atom. The first-order valence-corrected chi connectivity index (χ1v) is 8.17. The predicted molar refractivity (Wildman–Crippen MR) is 89.8 cm³/mol. The summed E-state index contributed by atoms with van der Waals surface area (Å²) in [6.45, 7) is 10.6. The lowest BCUT2D eigenvalue weighted by molar-refractivity contribution is -0.139. The van der Waals surface area contributed by atoms with Gasteiger partial charge >= 0.3 is 5.97 Å². The number of hydrogen-bond donors (Lipinski definition) is 1. The molecule has 0 aliphatic heterocycles. The maximum Gasteiger partial charge on any atom is 0.333 e. The summed E-state index contributed by atoms with van der Waals surface area (Å²) in [7, 11) is 0. The Morgan fingerprint density at radius 3 is 2.09 bits per heavy atom. The van der Waals surface area contributed by atoms with Gasteiger partial charge in [0.05, 0.1) is 6.61 Å². The molecule has 0 saturated heterocycles. The third-order valence-electron chi connectivity index (χ3n) is 3.33. The molecule has 0 aliphatic rings. The second kappa shape index (κ2) is 12.7. The fourth-order valence-corrected chi connectivity index (χ4v) is 1.99. The van der Waals surface area contributed by atoms with Gasteiger partial charge in [-0.05, 0) is 39.0 Å². The van der Waals surface area contributed by atoms with Crippen molar-refractivity contribution in [3.05, 3.63) is 12.2 Å². The zero-order valence-corrected chi connectivity index (χ0v) is 14.7. The van der Waals surface area contributed by atoms with Crippen LogP contribution in [0.5, 0.6) is 0 Å². The summed E-state index contributed by atoms with van der Waals surface area (Å²) in [4.78, 5) is 35.3.